The number of primary sulfonamides is 1. The highest BCUT2D eigenvalue weighted by molar-refractivity contribution is 7.89. The van der Waals surface area contributed by atoms with Crippen molar-refractivity contribution in [2.45, 2.75) is 37.6 Å². The van der Waals surface area contributed by atoms with Crippen LogP contribution in [0.1, 0.15) is 43.9 Å². The fraction of sp³-hybridized carbons (Fsp3) is 0.316. The number of nitrogens with two attached hydrogens (primary N) is 1. The second kappa shape index (κ2) is 8.16. The van der Waals surface area contributed by atoms with Gasteiger partial charge in [-0.05, 0) is 60.5 Å². The molecule has 26 heavy (non-hydrogen) atoms. The van der Waals surface area contributed by atoms with Crippen molar-refractivity contribution in [3.63, 3.8) is 0 Å². The summed E-state index contributed by atoms with van der Waals surface area (Å²) in [5.41, 5.74) is 3.15. The molecule has 0 aromatic heterocycles. The van der Waals surface area contributed by atoms with Crippen molar-refractivity contribution in [2.75, 3.05) is 12.4 Å². The van der Waals surface area contributed by atoms with Crippen molar-refractivity contribution in [3.8, 4) is 0 Å². The molecule has 7 heteroatoms. The normalized spacial score (nSPS) is 12.7. The minimum Gasteiger partial charge on any atom is -0.345 e. The first kappa shape index (κ1) is 20.4. The Hall–Kier alpha value is -1.96. The molecule has 3 N–H and O–H groups in total. The number of hydrogen-bond donors (Lipinski definition) is 2. The summed E-state index contributed by atoms with van der Waals surface area (Å²) in [4.78, 5) is 2.03. The highest BCUT2D eigenvalue weighted by atomic mass is 32.2. The van der Waals surface area contributed by atoms with Crippen molar-refractivity contribution in [2.24, 2.45) is 5.14 Å². The first-order valence-electron chi connectivity index (χ1n) is 8.36. The van der Waals surface area contributed by atoms with E-state index in [9.17, 15) is 8.42 Å². The second-order valence-electron chi connectivity index (χ2n) is 6.61. The maximum absolute atomic E-state index is 11.4. The fourth-order valence-corrected chi connectivity index (χ4v) is 3.29. The van der Waals surface area contributed by atoms with Crippen molar-refractivity contribution in [3.05, 3.63) is 59.7 Å². The molecule has 2 aromatic rings. The highest BCUT2D eigenvalue weighted by Gasteiger charge is 2.16. The third-order valence-electron chi connectivity index (χ3n) is 4.42. The average Bonchev–Trinajstić information content (AvgIpc) is 2.60. The lowest BCUT2D eigenvalue weighted by molar-refractivity contribution is 0.408. The van der Waals surface area contributed by atoms with Crippen LogP contribution in [0.4, 0.5) is 5.69 Å². The topological polar surface area (TPSA) is 75.4 Å². The van der Waals surface area contributed by atoms with Crippen LogP contribution in [0.2, 0.25) is 0 Å². The Morgan fingerprint density at radius 1 is 1.00 bits per heavy atom. The number of nitrogens with one attached hydrogen (secondary N) is 1. The van der Waals surface area contributed by atoms with Crippen LogP contribution in [0.3, 0.4) is 0 Å². The average molecular weight is 392 g/mol. The number of rotatable bonds is 5. The number of thiocarbonyl (C=S) groups is 1. The van der Waals surface area contributed by atoms with E-state index in [-0.39, 0.29) is 10.9 Å². The Morgan fingerprint density at radius 3 is 1.96 bits per heavy atom. The molecule has 2 rings (SSSR count). The minimum atomic E-state index is -3.68. The van der Waals surface area contributed by atoms with E-state index in [2.05, 4.69) is 31.3 Å². The summed E-state index contributed by atoms with van der Waals surface area (Å²) < 4.78 is 22.7. The van der Waals surface area contributed by atoms with E-state index in [4.69, 9.17) is 17.4 Å². The maximum atomic E-state index is 11.4. The van der Waals surface area contributed by atoms with E-state index in [0.717, 1.165) is 11.3 Å². The first-order chi connectivity index (χ1) is 12.1. The number of nitrogens with zero attached hydrogens (tertiary/aromatic N) is 1. The zero-order valence-corrected chi connectivity index (χ0v) is 17.1. The molecule has 5 nitrogen and oxygen atoms in total. The molecule has 1 atom stereocenters. The molecule has 2 aromatic carbocycles. The summed E-state index contributed by atoms with van der Waals surface area (Å²) >= 11 is 5.50. The number of hydrogen-bond acceptors (Lipinski definition) is 3. The van der Waals surface area contributed by atoms with Crippen LogP contribution >= 0.6 is 12.2 Å². The summed E-state index contributed by atoms with van der Waals surface area (Å²) in [5, 5.41) is 8.96. The van der Waals surface area contributed by atoms with Gasteiger partial charge < -0.3 is 10.2 Å². The van der Waals surface area contributed by atoms with Gasteiger partial charge in [-0.15, -0.1) is 0 Å². The molecule has 0 bridgehead atoms. The van der Waals surface area contributed by atoms with E-state index < -0.39 is 10.0 Å². The molecule has 0 heterocycles. The quantitative estimate of drug-likeness (QED) is 0.757. The molecule has 0 fully saturated rings. The second-order valence-corrected chi connectivity index (χ2v) is 8.56. The fourth-order valence-electron chi connectivity index (χ4n) is 2.50. The van der Waals surface area contributed by atoms with Gasteiger partial charge in [-0.1, -0.05) is 38.1 Å². The van der Waals surface area contributed by atoms with E-state index in [0.29, 0.717) is 11.0 Å². The van der Waals surface area contributed by atoms with Gasteiger partial charge in [0.2, 0.25) is 10.0 Å². The molecule has 0 radical (unpaired) electrons. The SMILES string of the molecule is CC(C)c1ccc(NC(=S)N(C)[C@H](C)c2ccc(S(N)(=O)=O)cc2)cc1. The van der Waals surface area contributed by atoms with Gasteiger partial charge in [0.05, 0.1) is 10.9 Å². The van der Waals surface area contributed by atoms with Crippen LogP contribution in [0, 0.1) is 0 Å². The van der Waals surface area contributed by atoms with E-state index >= 15 is 0 Å². The van der Waals surface area contributed by atoms with Gasteiger partial charge in [-0.3, -0.25) is 0 Å². The first-order valence-corrected chi connectivity index (χ1v) is 10.3. The summed E-state index contributed by atoms with van der Waals surface area (Å²) in [6.07, 6.45) is 0. The maximum Gasteiger partial charge on any atom is 0.238 e. The van der Waals surface area contributed by atoms with Crippen molar-refractivity contribution in [1.82, 2.24) is 4.90 Å². The van der Waals surface area contributed by atoms with Gasteiger partial charge >= 0.3 is 0 Å². The number of anilines is 1. The standard InChI is InChI=1S/C19H25N3O2S2/c1-13(2)15-5-9-17(10-6-15)21-19(25)22(4)14(3)16-7-11-18(12-8-16)26(20,23)24/h5-14H,1-4H3,(H,21,25)(H2,20,23,24)/t14-/m1/s1. The summed E-state index contributed by atoms with van der Waals surface area (Å²) in [6, 6.07) is 14.7. The third-order valence-corrected chi connectivity index (χ3v) is 5.74. The molecular formula is C19H25N3O2S2. The van der Waals surface area contributed by atoms with Crippen LogP contribution < -0.4 is 10.5 Å². The van der Waals surface area contributed by atoms with Crippen molar-refractivity contribution in [1.29, 1.82) is 0 Å². The van der Waals surface area contributed by atoms with Gasteiger partial charge in [-0.2, -0.15) is 0 Å². The third kappa shape index (κ3) is 5.03. The monoisotopic (exact) mass is 391 g/mol. The lowest BCUT2D eigenvalue weighted by Crippen LogP contribution is -2.33. The van der Waals surface area contributed by atoms with Gasteiger partial charge in [0, 0.05) is 12.7 Å². The van der Waals surface area contributed by atoms with E-state index in [1.54, 1.807) is 12.1 Å². The summed E-state index contributed by atoms with van der Waals surface area (Å²) in [6.45, 7) is 6.31. The summed E-state index contributed by atoms with van der Waals surface area (Å²) in [5.74, 6) is 0.485. The smallest absolute Gasteiger partial charge is 0.238 e. The lowest BCUT2D eigenvalue weighted by atomic mass is 10.0. The van der Waals surface area contributed by atoms with Crippen LogP contribution in [-0.4, -0.2) is 25.5 Å². The van der Waals surface area contributed by atoms with Gasteiger partial charge in [0.1, 0.15) is 0 Å². The largest absolute Gasteiger partial charge is 0.345 e. The van der Waals surface area contributed by atoms with Crippen LogP contribution in [0.15, 0.2) is 53.4 Å². The molecule has 0 unspecified atom stereocenters. The Bertz CT molecular complexity index is 861. The molecular weight excluding hydrogens is 366 g/mol. The van der Waals surface area contributed by atoms with Crippen LogP contribution in [0.25, 0.3) is 0 Å². The molecule has 0 amide bonds. The van der Waals surface area contributed by atoms with Gasteiger partial charge in [0.15, 0.2) is 5.11 Å². The molecule has 0 aliphatic rings. The zero-order valence-electron chi connectivity index (χ0n) is 15.4. The van der Waals surface area contributed by atoms with E-state index in [1.165, 1.54) is 17.7 Å². The molecule has 140 valence electrons. The molecule has 0 aliphatic carbocycles. The molecule has 0 aliphatic heterocycles. The van der Waals surface area contributed by atoms with Crippen molar-refractivity contribution >= 4 is 33.0 Å². The van der Waals surface area contributed by atoms with Gasteiger partial charge in [-0.25, -0.2) is 13.6 Å². The number of sulfonamides is 1. The Balaban J connectivity index is 2.07. The molecule has 0 saturated carbocycles. The minimum absolute atomic E-state index is 0.0283. The van der Waals surface area contributed by atoms with Crippen LogP contribution in [-0.2, 0) is 10.0 Å². The Morgan fingerprint density at radius 2 is 1.50 bits per heavy atom. The predicted octanol–water partition coefficient (Wildman–Crippen LogP) is 3.85. The zero-order chi connectivity index (χ0) is 19.5. The Labute approximate surface area is 161 Å². The Kier molecular flexibility index (Phi) is 6.39. The molecule has 0 saturated heterocycles. The summed E-state index contributed by atoms with van der Waals surface area (Å²) in [7, 11) is -1.79. The number of benzene rings is 2. The molecule has 0 spiro atoms. The lowest BCUT2D eigenvalue weighted by Gasteiger charge is -2.28. The van der Waals surface area contributed by atoms with Crippen LogP contribution in [0.5, 0.6) is 0 Å². The van der Waals surface area contributed by atoms with Gasteiger partial charge in [0.25, 0.3) is 0 Å². The van der Waals surface area contributed by atoms with Crippen molar-refractivity contribution < 1.29 is 8.42 Å². The van der Waals surface area contributed by atoms with E-state index in [1.807, 2.05) is 31.0 Å². The highest BCUT2D eigenvalue weighted by Crippen LogP contribution is 2.22. The predicted molar refractivity (Wildman–Crippen MR) is 111 cm³/mol.